The van der Waals surface area contributed by atoms with Crippen LogP contribution in [-0.2, 0) is 11.2 Å². The van der Waals surface area contributed by atoms with Gasteiger partial charge in [-0.25, -0.2) is 4.98 Å². The van der Waals surface area contributed by atoms with Gasteiger partial charge >= 0.3 is 0 Å². The number of aryl methyl sites for hydroxylation is 1. The zero-order valence-corrected chi connectivity index (χ0v) is 18.7. The Bertz CT molecular complexity index is 1020. The number of oxazole rings is 1. The number of carbonyl (C=O) groups is 1. The van der Waals surface area contributed by atoms with E-state index >= 15 is 0 Å². The van der Waals surface area contributed by atoms with E-state index in [4.69, 9.17) is 25.5 Å². The first-order chi connectivity index (χ1) is 15.0. The number of rotatable bonds is 10. The van der Waals surface area contributed by atoms with Crippen molar-refractivity contribution < 1.29 is 18.7 Å². The molecule has 3 rings (SSSR count). The quantitative estimate of drug-likeness (QED) is 0.442. The lowest BCUT2D eigenvalue weighted by molar-refractivity contribution is -0.121. The SMILES string of the molecule is CCOc1ccc(C(C)NC(=O)CCc2ncc(-c3ccccc3Cl)o2)cc1OCC. The maximum Gasteiger partial charge on any atom is 0.220 e. The molecule has 0 bridgehead atoms. The van der Waals surface area contributed by atoms with Crippen LogP contribution in [0.5, 0.6) is 11.5 Å². The Hall–Kier alpha value is -2.99. The third-order valence-corrected chi connectivity index (χ3v) is 5.03. The monoisotopic (exact) mass is 442 g/mol. The third-order valence-electron chi connectivity index (χ3n) is 4.70. The van der Waals surface area contributed by atoms with Crippen LogP contribution in [0, 0.1) is 0 Å². The molecule has 6 nitrogen and oxygen atoms in total. The van der Waals surface area contributed by atoms with Crippen molar-refractivity contribution in [3.63, 3.8) is 0 Å². The summed E-state index contributed by atoms with van der Waals surface area (Å²) in [6.45, 7) is 6.89. The summed E-state index contributed by atoms with van der Waals surface area (Å²) in [6, 6.07) is 12.9. The molecule has 0 spiro atoms. The normalized spacial score (nSPS) is 11.7. The zero-order valence-electron chi connectivity index (χ0n) is 18.0. The highest BCUT2D eigenvalue weighted by molar-refractivity contribution is 6.33. The molecule has 0 aliphatic rings. The van der Waals surface area contributed by atoms with Crippen LogP contribution in [0.4, 0.5) is 0 Å². The van der Waals surface area contributed by atoms with Gasteiger partial charge < -0.3 is 19.2 Å². The molecular weight excluding hydrogens is 416 g/mol. The number of benzene rings is 2. The molecule has 0 saturated heterocycles. The van der Waals surface area contributed by atoms with E-state index in [1.165, 1.54) is 0 Å². The minimum absolute atomic E-state index is 0.0863. The second kappa shape index (κ2) is 10.9. The van der Waals surface area contributed by atoms with Crippen LogP contribution >= 0.6 is 11.6 Å². The third kappa shape index (κ3) is 6.01. The zero-order chi connectivity index (χ0) is 22.2. The number of nitrogens with zero attached hydrogens (tertiary/aromatic N) is 1. The van der Waals surface area contributed by atoms with Gasteiger partial charge in [-0.15, -0.1) is 0 Å². The van der Waals surface area contributed by atoms with Crippen LogP contribution in [-0.4, -0.2) is 24.1 Å². The van der Waals surface area contributed by atoms with Crippen LogP contribution in [0.2, 0.25) is 5.02 Å². The van der Waals surface area contributed by atoms with Gasteiger partial charge in [-0.3, -0.25) is 4.79 Å². The van der Waals surface area contributed by atoms with Crippen LogP contribution in [0.1, 0.15) is 44.7 Å². The number of hydrogen-bond acceptors (Lipinski definition) is 5. The molecule has 1 N–H and O–H groups in total. The number of aromatic nitrogens is 1. The number of hydrogen-bond donors (Lipinski definition) is 1. The minimum atomic E-state index is -0.175. The van der Waals surface area contributed by atoms with Crippen LogP contribution in [0.25, 0.3) is 11.3 Å². The molecule has 2 aromatic carbocycles. The van der Waals surface area contributed by atoms with Gasteiger partial charge in [0.1, 0.15) is 0 Å². The highest BCUT2D eigenvalue weighted by atomic mass is 35.5. The van der Waals surface area contributed by atoms with E-state index in [0.717, 1.165) is 11.1 Å². The molecular formula is C24H27ClN2O4. The highest BCUT2D eigenvalue weighted by Crippen LogP contribution is 2.31. The Kier molecular flexibility index (Phi) is 7.95. The summed E-state index contributed by atoms with van der Waals surface area (Å²) in [7, 11) is 0. The predicted octanol–water partition coefficient (Wildman–Crippen LogP) is 5.60. The van der Waals surface area contributed by atoms with Crippen molar-refractivity contribution in [2.24, 2.45) is 0 Å². The lowest BCUT2D eigenvalue weighted by Crippen LogP contribution is -2.26. The maximum atomic E-state index is 12.5. The van der Waals surface area contributed by atoms with Crippen molar-refractivity contribution in [3.8, 4) is 22.8 Å². The van der Waals surface area contributed by atoms with Gasteiger partial charge in [0.2, 0.25) is 5.91 Å². The fourth-order valence-corrected chi connectivity index (χ4v) is 3.39. The maximum absolute atomic E-state index is 12.5. The molecule has 1 unspecified atom stereocenters. The summed E-state index contributed by atoms with van der Waals surface area (Å²) in [5, 5.41) is 3.60. The molecule has 1 amide bonds. The van der Waals surface area contributed by atoms with Gasteiger partial charge in [-0.05, 0) is 50.6 Å². The number of carbonyl (C=O) groups excluding carboxylic acids is 1. The summed E-state index contributed by atoms with van der Waals surface area (Å²) < 4.78 is 17.0. The number of nitrogens with one attached hydrogen (secondary N) is 1. The molecule has 0 aliphatic carbocycles. The van der Waals surface area contributed by atoms with Gasteiger partial charge in [0.25, 0.3) is 0 Å². The van der Waals surface area contributed by atoms with E-state index in [9.17, 15) is 4.79 Å². The van der Waals surface area contributed by atoms with E-state index in [-0.39, 0.29) is 18.4 Å². The van der Waals surface area contributed by atoms with Gasteiger partial charge in [0.05, 0.1) is 30.5 Å². The predicted molar refractivity (Wildman–Crippen MR) is 121 cm³/mol. The lowest BCUT2D eigenvalue weighted by Gasteiger charge is -2.17. The van der Waals surface area contributed by atoms with E-state index in [1.807, 2.05) is 57.2 Å². The van der Waals surface area contributed by atoms with Gasteiger partial charge in [0, 0.05) is 18.4 Å². The first-order valence-corrected chi connectivity index (χ1v) is 10.8. The van der Waals surface area contributed by atoms with E-state index in [2.05, 4.69) is 10.3 Å². The van der Waals surface area contributed by atoms with Crippen LogP contribution < -0.4 is 14.8 Å². The van der Waals surface area contributed by atoms with Crippen molar-refractivity contribution in [1.82, 2.24) is 10.3 Å². The van der Waals surface area contributed by atoms with Gasteiger partial charge in [-0.1, -0.05) is 29.8 Å². The van der Waals surface area contributed by atoms with Crippen molar-refractivity contribution in [1.29, 1.82) is 0 Å². The molecule has 1 atom stereocenters. The Balaban J connectivity index is 1.57. The number of halogens is 1. The van der Waals surface area contributed by atoms with Crippen molar-refractivity contribution >= 4 is 17.5 Å². The second-order valence-electron chi connectivity index (χ2n) is 6.96. The molecule has 0 saturated carbocycles. The molecule has 1 heterocycles. The molecule has 1 aromatic heterocycles. The van der Waals surface area contributed by atoms with Crippen LogP contribution in [0.3, 0.4) is 0 Å². The molecule has 0 fully saturated rings. The Morgan fingerprint density at radius 3 is 2.61 bits per heavy atom. The Morgan fingerprint density at radius 2 is 1.87 bits per heavy atom. The highest BCUT2D eigenvalue weighted by Gasteiger charge is 2.15. The molecule has 3 aromatic rings. The minimum Gasteiger partial charge on any atom is -0.490 e. The molecule has 164 valence electrons. The summed E-state index contributed by atoms with van der Waals surface area (Å²) in [6.07, 6.45) is 2.30. The summed E-state index contributed by atoms with van der Waals surface area (Å²) >= 11 is 6.20. The molecule has 7 heteroatoms. The second-order valence-corrected chi connectivity index (χ2v) is 7.37. The first-order valence-electron chi connectivity index (χ1n) is 10.4. The van der Waals surface area contributed by atoms with E-state index < -0.39 is 0 Å². The van der Waals surface area contributed by atoms with Crippen molar-refractivity contribution in [2.75, 3.05) is 13.2 Å². The smallest absolute Gasteiger partial charge is 0.220 e. The lowest BCUT2D eigenvalue weighted by atomic mass is 10.1. The average molecular weight is 443 g/mol. The topological polar surface area (TPSA) is 73.6 Å². The largest absolute Gasteiger partial charge is 0.490 e. The summed E-state index contributed by atoms with van der Waals surface area (Å²) in [5.74, 6) is 2.38. The molecule has 0 radical (unpaired) electrons. The molecule has 0 aliphatic heterocycles. The average Bonchev–Trinajstić information content (AvgIpc) is 3.23. The first kappa shape index (κ1) is 22.7. The Labute approximate surface area is 187 Å². The van der Waals surface area contributed by atoms with E-state index in [0.29, 0.717) is 47.8 Å². The van der Waals surface area contributed by atoms with Crippen LogP contribution in [0.15, 0.2) is 53.1 Å². The van der Waals surface area contributed by atoms with Crippen molar-refractivity contribution in [2.45, 2.75) is 39.7 Å². The standard InChI is InChI=1S/C24H27ClN2O4/c1-4-29-20-11-10-17(14-21(20)30-5-2)16(3)27-23(28)12-13-24-26-15-22(31-24)18-8-6-7-9-19(18)25/h6-11,14-16H,4-5,12-13H2,1-3H3,(H,27,28). The fourth-order valence-electron chi connectivity index (χ4n) is 3.17. The summed E-state index contributed by atoms with van der Waals surface area (Å²) in [4.78, 5) is 16.7. The Morgan fingerprint density at radius 1 is 1.13 bits per heavy atom. The number of ether oxygens (including phenoxy) is 2. The van der Waals surface area contributed by atoms with Crippen molar-refractivity contribution in [3.05, 3.63) is 65.1 Å². The number of amides is 1. The van der Waals surface area contributed by atoms with E-state index in [1.54, 1.807) is 12.3 Å². The van der Waals surface area contributed by atoms with Gasteiger partial charge in [-0.2, -0.15) is 0 Å². The summed E-state index contributed by atoms with van der Waals surface area (Å²) in [5.41, 5.74) is 1.72. The fraction of sp³-hybridized carbons (Fsp3) is 0.333. The molecule has 31 heavy (non-hydrogen) atoms. The van der Waals surface area contributed by atoms with Gasteiger partial charge in [0.15, 0.2) is 23.1 Å².